The molecular formula is C19H33FO3Si. The van der Waals surface area contributed by atoms with Crippen LogP contribution in [0.15, 0.2) is 24.3 Å². The highest BCUT2D eigenvalue weighted by Crippen LogP contribution is 2.11. The molecule has 0 amide bonds. The zero-order valence-electron chi connectivity index (χ0n) is 15.6. The van der Waals surface area contributed by atoms with E-state index in [2.05, 4.69) is 0 Å². The van der Waals surface area contributed by atoms with E-state index < -0.39 is 16.2 Å². The predicted molar refractivity (Wildman–Crippen MR) is 99.2 cm³/mol. The number of halogens is 1. The van der Waals surface area contributed by atoms with Crippen LogP contribution in [0, 0.1) is 5.82 Å². The van der Waals surface area contributed by atoms with Gasteiger partial charge in [-0.2, -0.15) is 0 Å². The summed E-state index contributed by atoms with van der Waals surface area (Å²) >= 11 is 0. The van der Waals surface area contributed by atoms with Gasteiger partial charge in [0, 0.05) is 0 Å². The second kappa shape index (κ2) is 12.6. The highest BCUT2D eigenvalue weighted by molar-refractivity contribution is 6.27. The van der Waals surface area contributed by atoms with Crippen molar-refractivity contribution in [1.29, 1.82) is 0 Å². The van der Waals surface area contributed by atoms with Crippen molar-refractivity contribution >= 4 is 9.76 Å². The maximum atomic E-state index is 12.8. The summed E-state index contributed by atoms with van der Waals surface area (Å²) < 4.78 is 29.9. The number of benzene rings is 1. The zero-order chi connectivity index (χ0) is 17.8. The van der Waals surface area contributed by atoms with E-state index in [-0.39, 0.29) is 18.0 Å². The van der Waals surface area contributed by atoms with E-state index >= 15 is 0 Å². The predicted octanol–water partition coefficient (Wildman–Crippen LogP) is 4.58. The minimum Gasteiger partial charge on any atom is -0.379 e. The topological polar surface area (TPSA) is 27.7 Å². The highest BCUT2D eigenvalue weighted by Gasteiger charge is 2.13. The van der Waals surface area contributed by atoms with Crippen LogP contribution in [0.4, 0.5) is 4.39 Å². The fourth-order valence-corrected chi connectivity index (χ4v) is 3.42. The van der Waals surface area contributed by atoms with Gasteiger partial charge in [-0.25, -0.2) is 4.39 Å². The Morgan fingerprint density at radius 2 is 1.46 bits per heavy atom. The lowest BCUT2D eigenvalue weighted by Gasteiger charge is -2.23. The van der Waals surface area contributed by atoms with Gasteiger partial charge in [0.05, 0.1) is 12.2 Å². The number of hydrogen-bond donors (Lipinski definition) is 0. The van der Waals surface area contributed by atoms with Crippen LogP contribution in [0.3, 0.4) is 0 Å². The molecule has 0 atom stereocenters. The van der Waals surface area contributed by atoms with Gasteiger partial charge in [-0.1, -0.05) is 31.4 Å². The average Bonchev–Trinajstić information content (AvgIpc) is 2.50. The van der Waals surface area contributed by atoms with Gasteiger partial charge in [0.15, 0.2) is 9.76 Å². The largest absolute Gasteiger partial charge is 0.379 e. The fraction of sp³-hybridized carbons (Fsp3) is 0.684. The van der Waals surface area contributed by atoms with Crippen LogP contribution in [0.25, 0.3) is 0 Å². The molecule has 0 bridgehead atoms. The summed E-state index contributed by atoms with van der Waals surface area (Å²) in [5.74, 6) is -0.162. The van der Waals surface area contributed by atoms with Gasteiger partial charge in [0.1, 0.15) is 5.82 Å². The second-order valence-corrected chi connectivity index (χ2v) is 8.12. The van der Waals surface area contributed by atoms with Crippen molar-refractivity contribution in [3.05, 3.63) is 35.6 Å². The van der Waals surface area contributed by atoms with Crippen molar-refractivity contribution in [2.24, 2.45) is 0 Å². The molecule has 3 nitrogen and oxygen atoms in total. The van der Waals surface area contributed by atoms with E-state index in [0.717, 1.165) is 18.9 Å². The molecule has 0 aliphatic heterocycles. The normalized spacial score (nSPS) is 12.3. The van der Waals surface area contributed by atoms with Crippen molar-refractivity contribution in [1.82, 2.24) is 0 Å². The SMILES string of the molecule is CC(C)OC(O[SiH2]CCCCCCc1ccc(F)cc1)OC(C)C. The Labute approximate surface area is 148 Å². The van der Waals surface area contributed by atoms with Crippen LogP contribution in [-0.2, 0) is 20.3 Å². The maximum Gasteiger partial charge on any atom is 0.262 e. The first-order chi connectivity index (χ1) is 11.5. The Balaban J connectivity index is 2.03. The van der Waals surface area contributed by atoms with E-state index in [1.165, 1.54) is 37.0 Å². The molecule has 0 spiro atoms. The fourth-order valence-electron chi connectivity index (χ4n) is 2.35. The lowest BCUT2D eigenvalue weighted by Crippen LogP contribution is -2.28. The van der Waals surface area contributed by atoms with Crippen molar-refractivity contribution in [3.8, 4) is 0 Å². The Hall–Kier alpha value is -0.753. The first-order valence-electron chi connectivity index (χ1n) is 9.14. The van der Waals surface area contributed by atoms with Crippen LogP contribution in [0.1, 0.15) is 58.9 Å². The van der Waals surface area contributed by atoms with Gasteiger partial charge in [-0.3, -0.25) is 0 Å². The molecule has 0 aliphatic rings. The third-order valence-electron chi connectivity index (χ3n) is 3.54. The van der Waals surface area contributed by atoms with Crippen LogP contribution in [0.2, 0.25) is 6.04 Å². The quantitative estimate of drug-likeness (QED) is 0.294. The number of aryl methyl sites for hydroxylation is 1. The minimum absolute atomic E-state index is 0.106. The molecule has 0 N–H and O–H groups in total. The smallest absolute Gasteiger partial charge is 0.262 e. The van der Waals surface area contributed by atoms with Crippen LogP contribution in [0.5, 0.6) is 0 Å². The summed E-state index contributed by atoms with van der Waals surface area (Å²) in [6.45, 7) is 7.45. The van der Waals surface area contributed by atoms with Crippen molar-refractivity contribution in [3.63, 3.8) is 0 Å². The van der Waals surface area contributed by atoms with Crippen molar-refractivity contribution in [2.75, 3.05) is 0 Å². The third-order valence-corrected chi connectivity index (χ3v) is 4.84. The molecule has 138 valence electrons. The summed E-state index contributed by atoms with van der Waals surface area (Å²) in [6.07, 6.45) is 6.03. The Morgan fingerprint density at radius 1 is 0.875 bits per heavy atom. The van der Waals surface area contributed by atoms with Gasteiger partial charge in [-0.15, -0.1) is 0 Å². The van der Waals surface area contributed by atoms with E-state index in [1.807, 2.05) is 39.8 Å². The molecule has 0 saturated heterocycles. The first kappa shape index (κ1) is 21.3. The molecule has 1 rings (SSSR count). The highest BCUT2D eigenvalue weighted by atomic mass is 28.2. The van der Waals surface area contributed by atoms with Crippen molar-refractivity contribution in [2.45, 2.75) is 84.5 Å². The zero-order valence-corrected chi connectivity index (χ0v) is 17.0. The summed E-state index contributed by atoms with van der Waals surface area (Å²) in [4.78, 5) is 0. The van der Waals surface area contributed by atoms with E-state index in [0.29, 0.717) is 0 Å². The molecule has 1 aromatic carbocycles. The molecule has 0 unspecified atom stereocenters. The van der Waals surface area contributed by atoms with Gasteiger partial charge < -0.3 is 13.9 Å². The second-order valence-electron chi connectivity index (χ2n) is 6.67. The third kappa shape index (κ3) is 10.9. The average molecular weight is 357 g/mol. The molecule has 0 saturated carbocycles. The first-order valence-corrected chi connectivity index (χ1v) is 10.7. The molecule has 24 heavy (non-hydrogen) atoms. The molecular weight excluding hydrogens is 323 g/mol. The number of ether oxygens (including phenoxy) is 2. The van der Waals surface area contributed by atoms with Gasteiger partial charge in [0.25, 0.3) is 6.48 Å². The Bertz CT molecular complexity index is 413. The summed E-state index contributed by atoms with van der Waals surface area (Å²) in [5.41, 5.74) is 1.22. The molecule has 1 aromatic rings. The number of unbranched alkanes of at least 4 members (excludes halogenated alkanes) is 3. The standard InChI is InChI=1S/C19H33FO3Si/c1-15(2)21-19(22-16(3)4)23-24-14-8-6-5-7-9-17-10-12-18(20)13-11-17/h10-13,15-16,19H,5-9,14,24H2,1-4H3. The maximum absolute atomic E-state index is 12.8. The molecule has 0 aliphatic carbocycles. The van der Waals surface area contributed by atoms with Crippen LogP contribution in [-0.4, -0.2) is 28.4 Å². The number of rotatable bonds is 13. The van der Waals surface area contributed by atoms with E-state index in [1.54, 1.807) is 0 Å². The molecule has 5 heteroatoms. The monoisotopic (exact) mass is 356 g/mol. The Morgan fingerprint density at radius 3 is 2.04 bits per heavy atom. The minimum atomic E-state index is -0.603. The summed E-state index contributed by atoms with van der Waals surface area (Å²) in [7, 11) is -0.603. The van der Waals surface area contributed by atoms with Crippen LogP contribution >= 0.6 is 0 Å². The molecule has 0 heterocycles. The van der Waals surface area contributed by atoms with Crippen molar-refractivity contribution < 1.29 is 18.3 Å². The summed E-state index contributed by atoms with van der Waals surface area (Å²) in [6, 6.07) is 7.97. The summed E-state index contributed by atoms with van der Waals surface area (Å²) in [5, 5.41) is 0. The van der Waals surface area contributed by atoms with E-state index in [9.17, 15) is 4.39 Å². The van der Waals surface area contributed by atoms with Gasteiger partial charge in [-0.05, 0) is 64.3 Å². The van der Waals surface area contributed by atoms with Gasteiger partial charge in [0.2, 0.25) is 0 Å². The Kier molecular flexibility index (Phi) is 11.2. The molecule has 0 aromatic heterocycles. The van der Waals surface area contributed by atoms with E-state index in [4.69, 9.17) is 13.9 Å². The number of hydrogen-bond acceptors (Lipinski definition) is 3. The lowest BCUT2D eigenvalue weighted by molar-refractivity contribution is -0.275. The molecule has 0 radical (unpaired) electrons. The van der Waals surface area contributed by atoms with Gasteiger partial charge >= 0.3 is 0 Å². The molecule has 0 fully saturated rings. The van der Waals surface area contributed by atoms with Crippen LogP contribution < -0.4 is 0 Å². The lowest BCUT2D eigenvalue weighted by atomic mass is 10.1.